The Kier molecular flexibility index (Phi) is 6.92. The highest BCUT2D eigenvalue weighted by Crippen LogP contribution is 2.12. The van der Waals surface area contributed by atoms with Gasteiger partial charge in [0.15, 0.2) is 0 Å². The van der Waals surface area contributed by atoms with E-state index in [9.17, 15) is 9.59 Å². The quantitative estimate of drug-likeness (QED) is 0.783. The lowest BCUT2D eigenvalue weighted by molar-refractivity contribution is 0.107. The monoisotopic (exact) mass is 324 g/mol. The molecule has 0 aromatic heterocycles. The van der Waals surface area contributed by atoms with Gasteiger partial charge < -0.3 is 4.74 Å². The Morgan fingerprint density at radius 1 is 0.810 bits per heavy atom. The maximum atomic E-state index is 10.6. The second-order valence-corrected chi connectivity index (χ2v) is 4.83. The van der Waals surface area contributed by atoms with Crippen LogP contribution in [-0.4, -0.2) is 17.6 Å². The third-order valence-corrected chi connectivity index (χ3v) is 3.03. The van der Waals surface area contributed by atoms with Gasteiger partial charge in [-0.15, -0.1) is 0 Å². The topological polar surface area (TPSA) is 43.4 Å². The van der Waals surface area contributed by atoms with Crippen LogP contribution in [-0.2, 0) is 0 Å². The second kappa shape index (κ2) is 8.45. The van der Waals surface area contributed by atoms with E-state index in [0.717, 1.165) is 5.56 Å². The van der Waals surface area contributed by atoms with E-state index in [2.05, 4.69) is 0 Å². The minimum absolute atomic E-state index is 0.403. The molecule has 0 aliphatic rings. The van der Waals surface area contributed by atoms with Crippen molar-refractivity contribution in [3.63, 3.8) is 0 Å². The maximum absolute atomic E-state index is 10.6. The Bertz CT molecular complexity index is 604. The van der Waals surface area contributed by atoms with Crippen molar-refractivity contribution in [1.82, 2.24) is 0 Å². The molecule has 5 heteroatoms. The molecular weight excluding hydrogens is 311 g/mol. The van der Waals surface area contributed by atoms with Crippen LogP contribution in [0.3, 0.4) is 0 Å². The van der Waals surface area contributed by atoms with Crippen molar-refractivity contribution < 1.29 is 14.3 Å². The summed E-state index contributed by atoms with van der Waals surface area (Å²) >= 11 is 10.4. The van der Waals surface area contributed by atoms with Crippen LogP contribution in [0.1, 0.15) is 26.3 Å². The fraction of sp³-hybridized carbons (Fsp3) is 0.125. The zero-order valence-electron chi connectivity index (χ0n) is 11.6. The van der Waals surface area contributed by atoms with Gasteiger partial charge in [-0.3, -0.25) is 9.59 Å². The van der Waals surface area contributed by atoms with Crippen LogP contribution in [0, 0.1) is 6.92 Å². The molecule has 0 atom stereocenters. The SMILES string of the molecule is COc1ccc(C(=O)Cl)cc1.Cc1ccc(C(=O)Cl)cc1. The standard InChI is InChI=1S/C8H7ClO2.C8H7ClO/c1-11-7-4-2-6(3-5-7)8(9)10;1-6-2-4-7(5-3-6)8(9)10/h2-5H,1H3;2-5H,1H3. The van der Waals surface area contributed by atoms with Gasteiger partial charge in [0.1, 0.15) is 5.75 Å². The van der Waals surface area contributed by atoms with Gasteiger partial charge in [0.25, 0.3) is 10.5 Å². The number of halogens is 2. The first kappa shape index (κ1) is 17.2. The van der Waals surface area contributed by atoms with Gasteiger partial charge in [0.2, 0.25) is 0 Å². The van der Waals surface area contributed by atoms with E-state index in [1.54, 1.807) is 43.5 Å². The summed E-state index contributed by atoms with van der Waals surface area (Å²) in [6.45, 7) is 1.96. The van der Waals surface area contributed by atoms with E-state index in [-0.39, 0.29) is 0 Å². The van der Waals surface area contributed by atoms with Crippen LogP contribution < -0.4 is 4.74 Å². The van der Waals surface area contributed by atoms with Crippen molar-refractivity contribution in [2.24, 2.45) is 0 Å². The van der Waals surface area contributed by atoms with Crippen molar-refractivity contribution >= 4 is 33.7 Å². The first-order valence-corrected chi connectivity index (χ1v) is 6.80. The molecule has 0 heterocycles. The Balaban J connectivity index is 0.000000211. The normalized spacial score (nSPS) is 9.33. The van der Waals surface area contributed by atoms with Crippen LogP contribution in [0.25, 0.3) is 0 Å². The lowest BCUT2D eigenvalue weighted by Gasteiger charge is -1.98. The summed E-state index contributed by atoms with van der Waals surface area (Å²) in [6.07, 6.45) is 0. The molecule has 2 aromatic carbocycles. The van der Waals surface area contributed by atoms with E-state index in [4.69, 9.17) is 27.9 Å². The maximum Gasteiger partial charge on any atom is 0.252 e. The van der Waals surface area contributed by atoms with Crippen molar-refractivity contribution in [3.8, 4) is 5.75 Å². The summed E-state index contributed by atoms with van der Waals surface area (Å²) in [6, 6.07) is 13.8. The Labute approximate surface area is 133 Å². The number of carbonyl (C=O) groups is 2. The number of aryl methyl sites for hydroxylation is 1. The van der Waals surface area contributed by atoms with Crippen LogP contribution in [0.5, 0.6) is 5.75 Å². The van der Waals surface area contributed by atoms with E-state index in [0.29, 0.717) is 16.9 Å². The molecule has 0 fully saturated rings. The fourth-order valence-corrected chi connectivity index (χ4v) is 1.66. The zero-order chi connectivity index (χ0) is 15.8. The fourth-order valence-electron chi connectivity index (χ4n) is 1.41. The van der Waals surface area contributed by atoms with Crippen molar-refractivity contribution in [3.05, 3.63) is 65.2 Å². The van der Waals surface area contributed by atoms with Gasteiger partial charge in [-0.1, -0.05) is 17.7 Å². The number of benzene rings is 2. The van der Waals surface area contributed by atoms with E-state index in [1.165, 1.54) is 0 Å². The van der Waals surface area contributed by atoms with Crippen LogP contribution in [0.15, 0.2) is 48.5 Å². The predicted molar refractivity (Wildman–Crippen MR) is 84.5 cm³/mol. The number of methoxy groups -OCH3 is 1. The summed E-state index contributed by atoms with van der Waals surface area (Å²) in [5.74, 6) is 0.715. The minimum Gasteiger partial charge on any atom is -0.497 e. The van der Waals surface area contributed by atoms with Crippen molar-refractivity contribution in [2.75, 3.05) is 7.11 Å². The summed E-state index contributed by atoms with van der Waals surface area (Å²) in [5.41, 5.74) is 2.15. The smallest absolute Gasteiger partial charge is 0.252 e. The van der Waals surface area contributed by atoms with Gasteiger partial charge in [-0.05, 0) is 66.5 Å². The first-order valence-electron chi connectivity index (χ1n) is 6.04. The van der Waals surface area contributed by atoms with Gasteiger partial charge in [-0.2, -0.15) is 0 Å². The molecule has 0 saturated heterocycles. The predicted octanol–water partition coefficient (Wildman–Crippen LogP) is 4.45. The van der Waals surface area contributed by atoms with Crippen LogP contribution >= 0.6 is 23.2 Å². The Morgan fingerprint density at radius 2 is 1.19 bits per heavy atom. The van der Waals surface area contributed by atoms with Crippen LogP contribution in [0.2, 0.25) is 0 Å². The molecule has 0 unspecified atom stereocenters. The molecule has 2 rings (SSSR count). The molecule has 3 nitrogen and oxygen atoms in total. The molecule has 0 spiro atoms. The molecule has 0 bridgehead atoms. The third kappa shape index (κ3) is 5.98. The summed E-state index contributed by atoms with van der Waals surface area (Å²) in [5, 5.41) is -0.854. The van der Waals surface area contributed by atoms with Gasteiger partial charge in [0, 0.05) is 11.1 Å². The molecule has 0 saturated carbocycles. The third-order valence-electron chi connectivity index (χ3n) is 2.60. The molecule has 21 heavy (non-hydrogen) atoms. The average Bonchev–Trinajstić information content (AvgIpc) is 2.48. The number of rotatable bonds is 3. The van der Waals surface area contributed by atoms with Crippen molar-refractivity contribution in [1.29, 1.82) is 0 Å². The number of hydrogen-bond acceptors (Lipinski definition) is 3. The van der Waals surface area contributed by atoms with Crippen LogP contribution in [0.4, 0.5) is 0 Å². The molecule has 0 aliphatic carbocycles. The molecular formula is C16H14Cl2O3. The number of carbonyl (C=O) groups excluding carboxylic acids is 2. The highest BCUT2D eigenvalue weighted by molar-refractivity contribution is 6.68. The first-order chi connectivity index (χ1) is 9.93. The number of ether oxygens (including phenoxy) is 1. The second-order valence-electron chi connectivity index (χ2n) is 4.14. The summed E-state index contributed by atoms with van der Waals surface area (Å²) in [4.78, 5) is 21.1. The lowest BCUT2D eigenvalue weighted by atomic mass is 10.2. The van der Waals surface area contributed by atoms with E-state index in [1.807, 2.05) is 19.1 Å². The zero-order valence-corrected chi connectivity index (χ0v) is 13.1. The van der Waals surface area contributed by atoms with Gasteiger partial charge >= 0.3 is 0 Å². The highest BCUT2D eigenvalue weighted by atomic mass is 35.5. The van der Waals surface area contributed by atoms with E-state index >= 15 is 0 Å². The minimum atomic E-state index is -0.451. The number of hydrogen-bond donors (Lipinski definition) is 0. The highest BCUT2D eigenvalue weighted by Gasteiger charge is 1.99. The van der Waals surface area contributed by atoms with E-state index < -0.39 is 10.5 Å². The largest absolute Gasteiger partial charge is 0.497 e. The molecule has 0 radical (unpaired) electrons. The Morgan fingerprint density at radius 3 is 1.52 bits per heavy atom. The summed E-state index contributed by atoms with van der Waals surface area (Å²) in [7, 11) is 1.57. The molecule has 0 amide bonds. The summed E-state index contributed by atoms with van der Waals surface area (Å²) < 4.78 is 4.89. The lowest BCUT2D eigenvalue weighted by Crippen LogP contribution is -1.88. The van der Waals surface area contributed by atoms with Gasteiger partial charge in [-0.25, -0.2) is 0 Å². The van der Waals surface area contributed by atoms with Gasteiger partial charge in [0.05, 0.1) is 7.11 Å². The Hall–Kier alpha value is -1.84. The average molecular weight is 325 g/mol. The van der Waals surface area contributed by atoms with Crippen molar-refractivity contribution in [2.45, 2.75) is 6.92 Å². The molecule has 110 valence electrons. The molecule has 0 aliphatic heterocycles. The molecule has 0 N–H and O–H groups in total. The molecule has 2 aromatic rings.